The van der Waals surface area contributed by atoms with Crippen LogP contribution in [0.2, 0.25) is 0 Å². The zero-order chi connectivity index (χ0) is 30.0. The Morgan fingerprint density at radius 2 is 0.667 bits per heavy atom. The van der Waals surface area contributed by atoms with Gasteiger partial charge in [0, 0.05) is 24.5 Å². The number of nitrogens with one attached hydrogen (secondary N) is 2. The molecule has 0 aliphatic heterocycles. The Kier molecular flexibility index (Phi) is 6.97. The predicted octanol–water partition coefficient (Wildman–Crippen LogP) is 11.3. The van der Waals surface area contributed by atoms with E-state index in [0.29, 0.717) is 0 Å². The largest absolute Gasteiger partial charge is 0.457 e. The van der Waals surface area contributed by atoms with Crippen LogP contribution in [0.1, 0.15) is 11.1 Å². The first-order valence-corrected chi connectivity index (χ1v) is 15.4. The first-order chi connectivity index (χ1) is 22.3. The molecule has 3 nitrogen and oxygen atoms in total. The van der Waals surface area contributed by atoms with Gasteiger partial charge in [-0.2, -0.15) is 0 Å². The molecule has 0 spiro atoms. The van der Waals surface area contributed by atoms with E-state index in [0.717, 1.165) is 36.0 Å². The normalized spacial score (nSPS) is 11.3. The summed E-state index contributed by atoms with van der Waals surface area (Å²) in [6.45, 7) is 1.48. The molecule has 0 aliphatic carbocycles. The molecule has 0 aliphatic rings. The Labute approximate surface area is 262 Å². The van der Waals surface area contributed by atoms with Crippen molar-refractivity contribution < 1.29 is 4.74 Å². The van der Waals surface area contributed by atoms with Crippen LogP contribution in [0, 0.1) is 0 Å². The lowest BCUT2D eigenvalue weighted by molar-refractivity contribution is 0.483. The molecule has 0 bridgehead atoms. The average Bonchev–Trinajstić information content (AvgIpc) is 3.10. The van der Waals surface area contributed by atoms with E-state index in [4.69, 9.17) is 4.74 Å². The van der Waals surface area contributed by atoms with Crippen LogP contribution in [0.5, 0.6) is 11.5 Å². The molecule has 0 radical (unpaired) electrons. The highest BCUT2D eigenvalue weighted by Gasteiger charge is 2.09. The van der Waals surface area contributed by atoms with Gasteiger partial charge in [0.15, 0.2) is 0 Å². The average molecular weight is 581 g/mol. The summed E-state index contributed by atoms with van der Waals surface area (Å²) in [4.78, 5) is 0. The lowest BCUT2D eigenvalue weighted by Gasteiger charge is -2.14. The van der Waals surface area contributed by atoms with Crippen LogP contribution < -0.4 is 15.4 Å². The molecule has 216 valence electrons. The van der Waals surface area contributed by atoms with Gasteiger partial charge in [0.05, 0.1) is 0 Å². The maximum Gasteiger partial charge on any atom is 0.127 e. The molecular formula is C42H32N2O. The number of fused-ring (bicyclic) bond motifs is 4. The van der Waals surface area contributed by atoms with Gasteiger partial charge in [-0.25, -0.2) is 0 Å². The predicted molar refractivity (Wildman–Crippen MR) is 191 cm³/mol. The SMILES string of the molecule is c1ccc2c(CNc3ccc(Oc4ccc(NCc5c6ccccc6cc6ccccc56)cc4)cc3)c3ccccc3cc2c1. The number of benzene rings is 8. The van der Waals surface area contributed by atoms with Crippen LogP contribution >= 0.6 is 0 Å². The van der Waals surface area contributed by atoms with Crippen molar-refractivity contribution >= 4 is 54.5 Å². The molecule has 0 atom stereocenters. The Morgan fingerprint density at radius 1 is 0.356 bits per heavy atom. The fourth-order valence-corrected chi connectivity index (χ4v) is 6.40. The van der Waals surface area contributed by atoms with E-state index >= 15 is 0 Å². The van der Waals surface area contributed by atoms with E-state index in [9.17, 15) is 0 Å². The quantitative estimate of drug-likeness (QED) is 0.175. The molecule has 8 rings (SSSR count). The van der Waals surface area contributed by atoms with Crippen molar-refractivity contribution in [2.75, 3.05) is 10.6 Å². The third-order valence-corrected chi connectivity index (χ3v) is 8.65. The molecule has 0 saturated carbocycles. The van der Waals surface area contributed by atoms with Gasteiger partial charge in [-0.1, -0.05) is 97.1 Å². The minimum atomic E-state index is 0.741. The maximum absolute atomic E-state index is 6.19. The molecule has 0 unspecified atom stereocenters. The fraction of sp³-hybridized carbons (Fsp3) is 0.0476. The summed E-state index contributed by atoms with van der Waals surface area (Å²) in [6.07, 6.45) is 0. The topological polar surface area (TPSA) is 33.3 Å². The van der Waals surface area contributed by atoms with Crippen LogP contribution in [0.3, 0.4) is 0 Å². The molecule has 0 heterocycles. The van der Waals surface area contributed by atoms with Gasteiger partial charge >= 0.3 is 0 Å². The molecular weight excluding hydrogens is 548 g/mol. The third-order valence-electron chi connectivity index (χ3n) is 8.65. The molecule has 0 saturated heterocycles. The molecule has 2 N–H and O–H groups in total. The summed E-state index contributed by atoms with van der Waals surface area (Å²) in [6, 6.07) is 55.4. The van der Waals surface area contributed by atoms with Gasteiger partial charge in [0.1, 0.15) is 11.5 Å². The second-order valence-electron chi connectivity index (χ2n) is 11.5. The van der Waals surface area contributed by atoms with Crippen molar-refractivity contribution in [2.24, 2.45) is 0 Å². The summed E-state index contributed by atoms with van der Waals surface area (Å²) < 4.78 is 6.19. The zero-order valence-electron chi connectivity index (χ0n) is 24.8. The summed E-state index contributed by atoms with van der Waals surface area (Å²) in [5.74, 6) is 1.61. The van der Waals surface area contributed by atoms with Crippen LogP contribution in [-0.2, 0) is 13.1 Å². The first kappa shape index (κ1) is 26.8. The fourth-order valence-electron chi connectivity index (χ4n) is 6.40. The Balaban J connectivity index is 0.939. The minimum absolute atomic E-state index is 0.741. The smallest absolute Gasteiger partial charge is 0.127 e. The van der Waals surface area contributed by atoms with Crippen molar-refractivity contribution in [3.8, 4) is 11.5 Å². The number of ether oxygens (including phenoxy) is 1. The highest BCUT2D eigenvalue weighted by Crippen LogP contribution is 2.32. The Hall–Kier alpha value is -5.80. The summed E-state index contributed by atoms with van der Waals surface area (Å²) in [7, 11) is 0. The van der Waals surface area contributed by atoms with Gasteiger partial charge in [-0.05, 0) is 115 Å². The number of hydrogen-bond donors (Lipinski definition) is 2. The van der Waals surface area contributed by atoms with Crippen LogP contribution in [0.15, 0.2) is 158 Å². The molecule has 45 heavy (non-hydrogen) atoms. The van der Waals surface area contributed by atoms with Gasteiger partial charge < -0.3 is 15.4 Å². The van der Waals surface area contributed by atoms with Gasteiger partial charge in [-0.15, -0.1) is 0 Å². The Morgan fingerprint density at radius 3 is 1.00 bits per heavy atom. The number of rotatable bonds is 8. The molecule has 3 heteroatoms. The molecule has 8 aromatic carbocycles. The van der Waals surface area contributed by atoms with Crippen molar-refractivity contribution in [2.45, 2.75) is 13.1 Å². The monoisotopic (exact) mass is 580 g/mol. The zero-order valence-corrected chi connectivity index (χ0v) is 24.8. The Bertz CT molecular complexity index is 2020. The highest BCUT2D eigenvalue weighted by atomic mass is 16.5. The van der Waals surface area contributed by atoms with Gasteiger partial charge in [-0.3, -0.25) is 0 Å². The van der Waals surface area contributed by atoms with Crippen molar-refractivity contribution in [3.63, 3.8) is 0 Å². The molecule has 0 fully saturated rings. The van der Waals surface area contributed by atoms with E-state index < -0.39 is 0 Å². The lowest BCUT2D eigenvalue weighted by atomic mass is 9.96. The van der Waals surface area contributed by atoms with E-state index in [1.54, 1.807) is 0 Å². The van der Waals surface area contributed by atoms with Crippen LogP contribution in [-0.4, -0.2) is 0 Å². The van der Waals surface area contributed by atoms with Gasteiger partial charge in [0.2, 0.25) is 0 Å². The molecule has 8 aromatic rings. The highest BCUT2D eigenvalue weighted by molar-refractivity contribution is 6.03. The van der Waals surface area contributed by atoms with Gasteiger partial charge in [0.25, 0.3) is 0 Å². The summed E-state index contributed by atoms with van der Waals surface area (Å²) in [5.41, 5.74) is 4.73. The van der Waals surface area contributed by atoms with Crippen molar-refractivity contribution in [1.82, 2.24) is 0 Å². The molecule has 0 amide bonds. The molecule has 0 aromatic heterocycles. The van der Waals surface area contributed by atoms with Crippen LogP contribution in [0.25, 0.3) is 43.1 Å². The van der Waals surface area contributed by atoms with E-state index in [1.165, 1.54) is 54.2 Å². The first-order valence-electron chi connectivity index (χ1n) is 15.4. The standard InChI is InChI=1S/C42H32N2O/c1-5-13-37-29(9-1)25-30-10-2-6-14-38(30)41(37)27-43-33-17-21-35(22-18-33)45-36-23-19-34(20-24-36)44-28-42-39-15-7-3-11-31(39)26-32-12-4-8-16-40(32)42/h1-26,43-44H,27-28H2. The van der Waals surface area contributed by atoms with E-state index in [1.807, 2.05) is 24.3 Å². The number of anilines is 2. The van der Waals surface area contributed by atoms with Crippen molar-refractivity contribution in [3.05, 3.63) is 169 Å². The lowest BCUT2D eigenvalue weighted by Crippen LogP contribution is -2.01. The number of hydrogen-bond acceptors (Lipinski definition) is 3. The van der Waals surface area contributed by atoms with Crippen LogP contribution in [0.4, 0.5) is 11.4 Å². The second-order valence-corrected chi connectivity index (χ2v) is 11.5. The van der Waals surface area contributed by atoms with E-state index in [2.05, 4.69) is 144 Å². The minimum Gasteiger partial charge on any atom is -0.457 e. The summed E-state index contributed by atoms with van der Waals surface area (Å²) >= 11 is 0. The maximum atomic E-state index is 6.19. The van der Waals surface area contributed by atoms with E-state index in [-0.39, 0.29) is 0 Å². The van der Waals surface area contributed by atoms with Crippen molar-refractivity contribution in [1.29, 1.82) is 0 Å². The summed E-state index contributed by atoms with van der Waals surface area (Å²) in [5, 5.41) is 17.5. The third kappa shape index (κ3) is 5.41. The second kappa shape index (κ2) is 11.7.